The molecule has 1 rings (SSSR count). The summed E-state index contributed by atoms with van der Waals surface area (Å²) in [5.74, 6) is 0.0228. The maximum absolute atomic E-state index is 11.9. The van der Waals surface area contributed by atoms with Gasteiger partial charge in [-0.05, 0) is 58.4 Å². The number of benzene rings is 1. The number of nitrogens with one attached hydrogen (secondary N) is 2. The lowest BCUT2D eigenvalue weighted by Crippen LogP contribution is -2.45. The first-order valence-electron chi connectivity index (χ1n) is 7.81. The molecule has 0 aliphatic rings. The number of hydrogen-bond acceptors (Lipinski definition) is 3. The van der Waals surface area contributed by atoms with Crippen LogP contribution in [0.15, 0.2) is 24.3 Å². The molecule has 0 radical (unpaired) electrons. The van der Waals surface area contributed by atoms with Gasteiger partial charge in [0.25, 0.3) is 0 Å². The summed E-state index contributed by atoms with van der Waals surface area (Å²) in [5.41, 5.74) is 2.03. The summed E-state index contributed by atoms with van der Waals surface area (Å²) >= 11 is 0. The van der Waals surface area contributed by atoms with Crippen molar-refractivity contribution in [2.24, 2.45) is 0 Å². The minimum atomic E-state index is -0.147. The summed E-state index contributed by atoms with van der Waals surface area (Å²) in [6.45, 7) is 12.7. The molecule has 4 nitrogen and oxygen atoms in total. The van der Waals surface area contributed by atoms with E-state index in [0.29, 0.717) is 6.54 Å². The molecule has 0 saturated heterocycles. The highest BCUT2D eigenvalue weighted by Crippen LogP contribution is 2.17. The molecule has 0 fully saturated rings. The lowest BCUT2D eigenvalue weighted by atomic mass is 10.0. The van der Waals surface area contributed by atoms with Crippen LogP contribution in [0.2, 0.25) is 0 Å². The first-order valence-corrected chi connectivity index (χ1v) is 7.81. The van der Waals surface area contributed by atoms with E-state index < -0.39 is 0 Å². The van der Waals surface area contributed by atoms with Crippen LogP contribution in [0.4, 0.5) is 11.4 Å². The number of amides is 1. The third-order valence-corrected chi connectivity index (χ3v) is 3.81. The van der Waals surface area contributed by atoms with Gasteiger partial charge in [0.2, 0.25) is 5.91 Å². The van der Waals surface area contributed by atoms with E-state index in [-0.39, 0.29) is 11.4 Å². The zero-order valence-electron chi connectivity index (χ0n) is 14.0. The summed E-state index contributed by atoms with van der Waals surface area (Å²) < 4.78 is 0. The van der Waals surface area contributed by atoms with Crippen LogP contribution in [0.3, 0.4) is 0 Å². The average Bonchev–Trinajstić information content (AvgIpc) is 2.47. The van der Waals surface area contributed by atoms with E-state index in [2.05, 4.69) is 48.4 Å². The molecular weight excluding hydrogens is 262 g/mol. The summed E-state index contributed by atoms with van der Waals surface area (Å²) in [5, 5.41) is 6.18. The first kappa shape index (κ1) is 17.3. The zero-order chi connectivity index (χ0) is 15.9. The molecule has 0 heterocycles. The molecule has 1 aromatic carbocycles. The summed E-state index contributed by atoms with van der Waals surface area (Å²) in [6, 6.07) is 8.21. The average molecular weight is 291 g/mol. The van der Waals surface area contributed by atoms with Gasteiger partial charge in [-0.15, -0.1) is 0 Å². The van der Waals surface area contributed by atoms with E-state index in [0.717, 1.165) is 25.2 Å². The van der Waals surface area contributed by atoms with E-state index >= 15 is 0 Å². The second kappa shape index (κ2) is 7.91. The lowest BCUT2D eigenvalue weighted by molar-refractivity contribution is -0.121. The van der Waals surface area contributed by atoms with E-state index in [4.69, 9.17) is 0 Å². The van der Waals surface area contributed by atoms with Crippen LogP contribution in [0.1, 0.15) is 41.0 Å². The normalized spacial score (nSPS) is 11.1. The number of carbonyl (C=O) groups excluding carboxylic acids is 1. The van der Waals surface area contributed by atoms with Crippen molar-refractivity contribution in [3.05, 3.63) is 24.3 Å². The van der Waals surface area contributed by atoms with Crippen LogP contribution in [0.5, 0.6) is 0 Å². The van der Waals surface area contributed by atoms with Crippen molar-refractivity contribution < 1.29 is 4.79 Å². The summed E-state index contributed by atoms with van der Waals surface area (Å²) in [7, 11) is 0. The number of hydrogen-bond donors (Lipinski definition) is 2. The standard InChI is InChI=1S/C17H29N3O/c1-6-17(4,5)19-16(21)13-18-14-9-11-15(12-10-14)20(7-2)8-3/h9-12,18H,6-8,13H2,1-5H3,(H,19,21). The third-order valence-electron chi connectivity index (χ3n) is 3.81. The van der Waals surface area contributed by atoms with E-state index in [1.165, 1.54) is 5.69 Å². The Morgan fingerprint density at radius 2 is 1.67 bits per heavy atom. The van der Waals surface area contributed by atoms with E-state index in [1.807, 2.05) is 26.0 Å². The fourth-order valence-corrected chi connectivity index (χ4v) is 2.07. The monoisotopic (exact) mass is 291 g/mol. The van der Waals surface area contributed by atoms with Gasteiger partial charge in [0.1, 0.15) is 0 Å². The minimum absolute atomic E-state index is 0.0228. The van der Waals surface area contributed by atoms with Gasteiger partial charge in [0.15, 0.2) is 0 Å². The van der Waals surface area contributed by atoms with Crippen LogP contribution >= 0.6 is 0 Å². The molecule has 0 spiro atoms. The molecule has 0 unspecified atom stereocenters. The van der Waals surface area contributed by atoms with Gasteiger partial charge in [0.05, 0.1) is 6.54 Å². The minimum Gasteiger partial charge on any atom is -0.376 e. The molecule has 1 amide bonds. The quantitative estimate of drug-likeness (QED) is 0.773. The Hall–Kier alpha value is -1.71. The molecule has 1 aromatic rings. The van der Waals surface area contributed by atoms with Gasteiger partial charge >= 0.3 is 0 Å². The maximum atomic E-state index is 11.9. The van der Waals surface area contributed by atoms with Gasteiger partial charge in [-0.2, -0.15) is 0 Å². The van der Waals surface area contributed by atoms with Crippen molar-refractivity contribution in [1.29, 1.82) is 0 Å². The van der Waals surface area contributed by atoms with Crippen LogP contribution in [0, 0.1) is 0 Å². The Labute approximate surface area is 128 Å². The second-order valence-electron chi connectivity index (χ2n) is 5.86. The third kappa shape index (κ3) is 5.66. The summed E-state index contributed by atoms with van der Waals surface area (Å²) in [4.78, 5) is 14.2. The van der Waals surface area contributed by atoms with Crippen molar-refractivity contribution in [3.8, 4) is 0 Å². The summed E-state index contributed by atoms with van der Waals surface area (Å²) in [6.07, 6.45) is 0.914. The topological polar surface area (TPSA) is 44.4 Å². The zero-order valence-corrected chi connectivity index (χ0v) is 14.0. The van der Waals surface area contributed by atoms with E-state index in [1.54, 1.807) is 0 Å². The molecule has 0 aromatic heterocycles. The predicted octanol–water partition coefficient (Wildman–Crippen LogP) is 3.25. The SMILES string of the molecule is CCN(CC)c1ccc(NCC(=O)NC(C)(C)CC)cc1. The van der Waals surface area contributed by atoms with Crippen molar-refractivity contribution >= 4 is 17.3 Å². The largest absolute Gasteiger partial charge is 0.376 e. The molecular formula is C17H29N3O. The molecule has 0 bridgehead atoms. The molecule has 2 N–H and O–H groups in total. The molecule has 0 saturated carbocycles. The number of carbonyl (C=O) groups is 1. The van der Waals surface area contributed by atoms with Crippen molar-refractivity contribution in [1.82, 2.24) is 5.32 Å². The van der Waals surface area contributed by atoms with Crippen molar-refractivity contribution in [3.63, 3.8) is 0 Å². The van der Waals surface area contributed by atoms with Crippen LogP contribution in [-0.4, -0.2) is 31.1 Å². The molecule has 21 heavy (non-hydrogen) atoms. The lowest BCUT2D eigenvalue weighted by Gasteiger charge is -2.24. The Bertz CT molecular complexity index is 436. The molecule has 4 heteroatoms. The van der Waals surface area contributed by atoms with Gasteiger partial charge in [-0.1, -0.05) is 6.92 Å². The van der Waals surface area contributed by atoms with Crippen LogP contribution in [0.25, 0.3) is 0 Å². The highest BCUT2D eigenvalue weighted by atomic mass is 16.2. The molecule has 118 valence electrons. The molecule has 0 atom stereocenters. The smallest absolute Gasteiger partial charge is 0.239 e. The molecule has 0 aliphatic heterocycles. The van der Waals surface area contributed by atoms with Crippen LogP contribution in [-0.2, 0) is 4.79 Å². The van der Waals surface area contributed by atoms with E-state index in [9.17, 15) is 4.79 Å². The Kier molecular flexibility index (Phi) is 6.53. The fourth-order valence-electron chi connectivity index (χ4n) is 2.07. The van der Waals surface area contributed by atoms with Gasteiger partial charge in [0, 0.05) is 30.0 Å². The van der Waals surface area contributed by atoms with Crippen molar-refractivity contribution in [2.75, 3.05) is 29.9 Å². The van der Waals surface area contributed by atoms with Crippen LogP contribution < -0.4 is 15.5 Å². The van der Waals surface area contributed by atoms with Gasteiger partial charge in [-0.3, -0.25) is 4.79 Å². The highest BCUT2D eigenvalue weighted by molar-refractivity contribution is 5.81. The number of anilines is 2. The predicted molar refractivity (Wildman–Crippen MR) is 91.0 cm³/mol. The first-order chi connectivity index (χ1) is 9.91. The van der Waals surface area contributed by atoms with Crippen molar-refractivity contribution in [2.45, 2.75) is 46.6 Å². The van der Waals surface area contributed by atoms with Gasteiger partial charge in [-0.25, -0.2) is 0 Å². The molecule has 0 aliphatic carbocycles. The fraction of sp³-hybridized carbons (Fsp3) is 0.588. The highest BCUT2D eigenvalue weighted by Gasteiger charge is 2.17. The second-order valence-corrected chi connectivity index (χ2v) is 5.86. The number of rotatable bonds is 8. The Balaban J connectivity index is 2.51. The number of nitrogens with zero attached hydrogens (tertiary/aromatic N) is 1. The Morgan fingerprint density at radius 1 is 1.10 bits per heavy atom. The van der Waals surface area contributed by atoms with Gasteiger partial charge < -0.3 is 15.5 Å². The Morgan fingerprint density at radius 3 is 2.14 bits per heavy atom. The maximum Gasteiger partial charge on any atom is 0.239 e.